The van der Waals surface area contributed by atoms with E-state index in [9.17, 15) is 8.78 Å². The van der Waals surface area contributed by atoms with Crippen molar-refractivity contribution < 1.29 is 8.78 Å². The van der Waals surface area contributed by atoms with Crippen LogP contribution < -0.4 is 5.73 Å². The number of hydrogen-bond donors (Lipinski definition) is 1. The maximum Gasteiger partial charge on any atom is 0.159 e. The summed E-state index contributed by atoms with van der Waals surface area (Å²) in [6.07, 6.45) is 3.67. The van der Waals surface area contributed by atoms with Gasteiger partial charge in [0.1, 0.15) is 0 Å². The first-order chi connectivity index (χ1) is 10.1. The number of nitrogens with zero attached hydrogens (tertiary/aromatic N) is 2. The molecule has 3 aromatic rings. The molecule has 1 heterocycles. The first-order valence-corrected chi connectivity index (χ1v) is 6.53. The van der Waals surface area contributed by atoms with Gasteiger partial charge in [-0.15, -0.1) is 0 Å². The largest absolute Gasteiger partial charge is 0.324 e. The lowest BCUT2D eigenvalue weighted by molar-refractivity contribution is 0.506. The highest BCUT2D eigenvalue weighted by Crippen LogP contribution is 2.20. The number of halogens is 2. The van der Waals surface area contributed by atoms with Gasteiger partial charge < -0.3 is 5.73 Å². The Balaban J connectivity index is 1.85. The van der Waals surface area contributed by atoms with Gasteiger partial charge in [0.25, 0.3) is 0 Å². The van der Waals surface area contributed by atoms with E-state index in [-0.39, 0.29) is 6.04 Å². The van der Waals surface area contributed by atoms with Gasteiger partial charge in [-0.05, 0) is 41.8 Å². The molecule has 5 heteroatoms. The zero-order chi connectivity index (χ0) is 14.8. The van der Waals surface area contributed by atoms with E-state index in [1.54, 1.807) is 18.5 Å². The fourth-order valence-corrected chi connectivity index (χ4v) is 2.25. The molecule has 0 aliphatic rings. The molecule has 0 spiro atoms. The second-order valence-electron chi connectivity index (χ2n) is 4.86. The van der Waals surface area contributed by atoms with E-state index in [1.165, 1.54) is 6.07 Å². The molecule has 1 unspecified atom stereocenters. The molecular weight excluding hydrogens is 272 g/mol. The number of nitrogens with two attached hydrogens (primary N) is 1. The Labute approximate surface area is 120 Å². The Kier molecular flexibility index (Phi) is 3.58. The molecule has 1 aromatic heterocycles. The summed E-state index contributed by atoms with van der Waals surface area (Å²) in [6.45, 7) is 0. The number of fused-ring (bicyclic) bond motifs is 1. The predicted octanol–water partition coefficient (Wildman–Crippen LogP) is 3.15. The molecular formula is C16H13F2N3. The minimum absolute atomic E-state index is 0.318. The van der Waals surface area contributed by atoms with Gasteiger partial charge in [0.15, 0.2) is 11.6 Å². The summed E-state index contributed by atoms with van der Waals surface area (Å²) in [5.74, 6) is -1.71. The van der Waals surface area contributed by atoms with Crippen molar-refractivity contribution in [3.63, 3.8) is 0 Å². The highest BCUT2D eigenvalue weighted by atomic mass is 19.2. The molecule has 0 saturated carbocycles. The SMILES string of the molecule is NC(Cc1ccc(F)c(F)c1)c1ccc2nccnc2c1. The predicted molar refractivity (Wildman–Crippen MR) is 76.5 cm³/mol. The third-order valence-electron chi connectivity index (χ3n) is 3.36. The van der Waals surface area contributed by atoms with Gasteiger partial charge in [-0.3, -0.25) is 9.97 Å². The monoisotopic (exact) mass is 285 g/mol. The van der Waals surface area contributed by atoms with E-state index in [2.05, 4.69) is 9.97 Å². The molecule has 2 N–H and O–H groups in total. The lowest BCUT2D eigenvalue weighted by atomic mass is 9.99. The fraction of sp³-hybridized carbons (Fsp3) is 0.125. The number of rotatable bonds is 3. The Morgan fingerprint density at radius 2 is 1.67 bits per heavy atom. The van der Waals surface area contributed by atoms with E-state index in [0.717, 1.165) is 22.7 Å². The topological polar surface area (TPSA) is 51.8 Å². The fourth-order valence-electron chi connectivity index (χ4n) is 2.25. The molecule has 0 saturated heterocycles. The summed E-state index contributed by atoms with van der Waals surface area (Å²) >= 11 is 0. The third-order valence-corrected chi connectivity index (χ3v) is 3.36. The third kappa shape index (κ3) is 2.87. The van der Waals surface area contributed by atoms with Crippen molar-refractivity contribution in [3.8, 4) is 0 Å². The highest BCUT2D eigenvalue weighted by molar-refractivity contribution is 5.74. The Bertz CT molecular complexity index is 789. The lowest BCUT2D eigenvalue weighted by Crippen LogP contribution is -2.13. The summed E-state index contributed by atoms with van der Waals surface area (Å²) in [4.78, 5) is 8.42. The smallest absolute Gasteiger partial charge is 0.159 e. The molecule has 2 aromatic carbocycles. The van der Waals surface area contributed by atoms with Gasteiger partial charge >= 0.3 is 0 Å². The van der Waals surface area contributed by atoms with E-state index >= 15 is 0 Å². The Morgan fingerprint density at radius 3 is 2.43 bits per heavy atom. The lowest BCUT2D eigenvalue weighted by Gasteiger charge is -2.13. The highest BCUT2D eigenvalue weighted by Gasteiger charge is 2.10. The molecule has 3 nitrogen and oxygen atoms in total. The van der Waals surface area contributed by atoms with Crippen molar-refractivity contribution in [2.24, 2.45) is 5.73 Å². The number of hydrogen-bond acceptors (Lipinski definition) is 3. The number of aromatic nitrogens is 2. The number of benzene rings is 2. The van der Waals surface area contributed by atoms with Crippen molar-refractivity contribution in [2.45, 2.75) is 12.5 Å². The average molecular weight is 285 g/mol. The normalized spacial score (nSPS) is 12.5. The van der Waals surface area contributed by atoms with Crippen LogP contribution in [0, 0.1) is 11.6 Å². The molecule has 21 heavy (non-hydrogen) atoms. The Hall–Kier alpha value is -2.40. The second kappa shape index (κ2) is 5.54. The first kappa shape index (κ1) is 13.6. The summed E-state index contributed by atoms with van der Waals surface area (Å²) in [5, 5.41) is 0. The van der Waals surface area contributed by atoms with Crippen molar-refractivity contribution in [3.05, 3.63) is 71.6 Å². The zero-order valence-corrected chi connectivity index (χ0v) is 11.1. The van der Waals surface area contributed by atoms with E-state index in [0.29, 0.717) is 12.0 Å². The van der Waals surface area contributed by atoms with E-state index < -0.39 is 11.6 Å². The van der Waals surface area contributed by atoms with Gasteiger partial charge in [0.2, 0.25) is 0 Å². The molecule has 0 amide bonds. The van der Waals surface area contributed by atoms with Crippen LogP contribution >= 0.6 is 0 Å². The van der Waals surface area contributed by atoms with Gasteiger partial charge in [-0.1, -0.05) is 12.1 Å². The Morgan fingerprint density at radius 1 is 0.905 bits per heavy atom. The second-order valence-corrected chi connectivity index (χ2v) is 4.86. The summed E-state index contributed by atoms with van der Waals surface area (Å²) in [6, 6.07) is 9.11. The van der Waals surface area contributed by atoms with Gasteiger partial charge in [0, 0.05) is 18.4 Å². The van der Waals surface area contributed by atoms with Crippen molar-refractivity contribution in [1.29, 1.82) is 0 Å². The van der Waals surface area contributed by atoms with Gasteiger partial charge in [-0.2, -0.15) is 0 Å². The van der Waals surface area contributed by atoms with Crippen LogP contribution in [0.2, 0.25) is 0 Å². The van der Waals surface area contributed by atoms with Crippen LogP contribution in [-0.2, 0) is 6.42 Å². The summed E-state index contributed by atoms with van der Waals surface area (Å²) in [5.41, 5.74) is 9.23. The van der Waals surface area contributed by atoms with Crippen LogP contribution in [0.4, 0.5) is 8.78 Å². The van der Waals surface area contributed by atoms with Crippen molar-refractivity contribution in [2.75, 3.05) is 0 Å². The van der Waals surface area contributed by atoms with Gasteiger partial charge in [0.05, 0.1) is 11.0 Å². The summed E-state index contributed by atoms with van der Waals surface area (Å²) < 4.78 is 26.1. The van der Waals surface area contributed by atoms with E-state index in [4.69, 9.17) is 5.73 Å². The zero-order valence-electron chi connectivity index (χ0n) is 11.1. The van der Waals surface area contributed by atoms with Crippen LogP contribution in [-0.4, -0.2) is 9.97 Å². The molecule has 3 rings (SSSR count). The van der Waals surface area contributed by atoms with Crippen LogP contribution in [0.3, 0.4) is 0 Å². The van der Waals surface area contributed by atoms with Crippen LogP contribution in [0.15, 0.2) is 48.8 Å². The van der Waals surface area contributed by atoms with Crippen LogP contribution in [0.1, 0.15) is 17.2 Å². The molecule has 0 bridgehead atoms. The molecule has 0 aliphatic heterocycles. The molecule has 1 atom stereocenters. The standard InChI is InChI=1S/C16H13F2N3/c17-12-3-1-10(7-13(12)18)8-14(19)11-2-4-15-16(9-11)21-6-5-20-15/h1-7,9,14H,8,19H2. The minimum atomic E-state index is -0.857. The van der Waals surface area contributed by atoms with Crippen molar-refractivity contribution >= 4 is 11.0 Å². The average Bonchev–Trinajstić information content (AvgIpc) is 2.50. The first-order valence-electron chi connectivity index (χ1n) is 6.53. The minimum Gasteiger partial charge on any atom is -0.324 e. The molecule has 0 radical (unpaired) electrons. The maximum absolute atomic E-state index is 13.2. The molecule has 0 aliphatic carbocycles. The van der Waals surface area contributed by atoms with Gasteiger partial charge in [-0.25, -0.2) is 8.78 Å². The maximum atomic E-state index is 13.2. The van der Waals surface area contributed by atoms with Crippen molar-refractivity contribution in [1.82, 2.24) is 9.97 Å². The van der Waals surface area contributed by atoms with Crippen LogP contribution in [0.25, 0.3) is 11.0 Å². The molecule has 0 fully saturated rings. The van der Waals surface area contributed by atoms with E-state index in [1.807, 2.05) is 18.2 Å². The van der Waals surface area contributed by atoms with Crippen LogP contribution in [0.5, 0.6) is 0 Å². The quantitative estimate of drug-likeness (QED) is 0.804. The molecule has 106 valence electrons. The summed E-state index contributed by atoms with van der Waals surface area (Å²) in [7, 11) is 0.